The summed E-state index contributed by atoms with van der Waals surface area (Å²) in [5, 5.41) is 0. The van der Waals surface area contributed by atoms with E-state index < -0.39 is 0 Å². The molecule has 1 aliphatic carbocycles. The van der Waals surface area contributed by atoms with Crippen LogP contribution in [0.2, 0.25) is 0 Å². The minimum absolute atomic E-state index is 0.124. The van der Waals surface area contributed by atoms with E-state index >= 15 is 0 Å². The second-order valence-corrected chi connectivity index (χ2v) is 9.12. The number of rotatable bonds is 6. The summed E-state index contributed by atoms with van der Waals surface area (Å²) >= 11 is 0. The molecule has 2 heterocycles. The quantitative estimate of drug-likeness (QED) is 0.288. The molecule has 0 saturated carbocycles. The lowest BCUT2D eigenvalue weighted by Gasteiger charge is -2.11. The minimum Gasteiger partial charge on any atom is -0.299 e. The number of pyridine rings is 1. The van der Waals surface area contributed by atoms with E-state index in [1.807, 2.05) is 79.1 Å². The average Bonchev–Trinajstić information content (AvgIpc) is 3.53. The van der Waals surface area contributed by atoms with Gasteiger partial charge in [0.15, 0.2) is 11.6 Å². The molecule has 1 aliphatic rings. The molecule has 0 N–H and O–H groups in total. The van der Waals surface area contributed by atoms with Gasteiger partial charge >= 0.3 is 0 Å². The largest absolute Gasteiger partial charge is 0.299 e. The third-order valence-electron chi connectivity index (χ3n) is 6.83. The number of benzene rings is 3. The van der Waals surface area contributed by atoms with E-state index in [2.05, 4.69) is 27.6 Å². The Morgan fingerprint density at radius 1 is 0.857 bits per heavy atom. The molecule has 0 radical (unpaired) electrons. The van der Waals surface area contributed by atoms with Crippen molar-refractivity contribution in [2.75, 3.05) is 0 Å². The number of hydrogen-bond acceptors (Lipinski definition) is 3. The maximum Gasteiger partial charge on any atom is 0.167 e. The highest BCUT2D eigenvalue weighted by atomic mass is 16.1. The number of nitrogens with zero attached hydrogens (tertiary/aromatic N) is 2. The highest BCUT2D eigenvalue weighted by Crippen LogP contribution is 2.29. The van der Waals surface area contributed by atoms with Crippen molar-refractivity contribution in [1.82, 2.24) is 9.38 Å². The highest BCUT2D eigenvalue weighted by Gasteiger charge is 2.20. The number of ketones is 2. The van der Waals surface area contributed by atoms with Crippen molar-refractivity contribution in [2.45, 2.75) is 25.7 Å². The Bertz CT molecular complexity index is 1560. The maximum atomic E-state index is 12.7. The van der Waals surface area contributed by atoms with Gasteiger partial charge in [0.2, 0.25) is 0 Å². The smallest absolute Gasteiger partial charge is 0.167 e. The summed E-state index contributed by atoms with van der Waals surface area (Å²) in [6, 6.07) is 28.1. The molecule has 0 spiro atoms. The Morgan fingerprint density at radius 2 is 1.69 bits per heavy atom. The van der Waals surface area contributed by atoms with Crippen LogP contribution in [0.15, 0.2) is 97.3 Å². The van der Waals surface area contributed by atoms with Gasteiger partial charge in [-0.2, -0.15) is 0 Å². The third kappa shape index (κ3) is 4.08. The average molecular weight is 457 g/mol. The van der Waals surface area contributed by atoms with E-state index in [-0.39, 0.29) is 11.6 Å². The predicted molar refractivity (Wildman–Crippen MR) is 137 cm³/mol. The Kier molecular flexibility index (Phi) is 5.34. The van der Waals surface area contributed by atoms with Crippen molar-refractivity contribution in [3.8, 4) is 11.3 Å². The fourth-order valence-corrected chi connectivity index (χ4v) is 4.97. The number of imidazole rings is 1. The van der Waals surface area contributed by atoms with Gasteiger partial charge in [0.25, 0.3) is 0 Å². The molecular formula is C31H24N2O2. The van der Waals surface area contributed by atoms with Crippen LogP contribution in [0.4, 0.5) is 0 Å². The molecule has 6 rings (SSSR count). The van der Waals surface area contributed by atoms with E-state index in [4.69, 9.17) is 0 Å². The molecule has 170 valence electrons. The molecule has 0 fully saturated rings. The van der Waals surface area contributed by atoms with Crippen LogP contribution in [-0.4, -0.2) is 21.0 Å². The van der Waals surface area contributed by atoms with Crippen molar-refractivity contribution >= 4 is 17.2 Å². The number of Topliss-reactive ketones (excluding diaryl/α,β-unsaturated/α-hetero) is 2. The predicted octanol–water partition coefficient (Wildman–Crippen LogP) is 6.15. The third-order valence-corrected chi connectivity index (χ3v) is 6.83. The van der Waals surface area contributed by atoms with E-state index in [1.54, 1.807) is 0 Å². The number of hydrogen-bond donors (Lipinski definition) is 0. The molecule has 0 bridgehead atoms. The summed E-state index contributed by atoms with van der Waals surface area (Å²) in [6.45, 7) is 0. The molecule has 0 atom stereocenters. The Morgan fingerprint density at radius 3 is 2.51 bits per heavy atom. The van der Waals surface area contributed by atoms with Crippen LogP contribution in [0.25, 0.3) is 16.9 Å². The van der Waals surface area contributed by atoms with E-state index in [1.165, 1.54) is 0 Å². The van der Waals surface area contributed by atoms with Gasteiger partial charge in [-0.05, 0) is 46.4 Å². The second kappa shape index (κ2) is 8.80. The fourth-order valence-electron chi connectivity index (χ4n) is 4.97. The lowest BCUT2D eigenvalue weighted by molar-refractivity contribution is 0.0985. The van der Waals surface area contributed by atoms with Crippen LogP contribution < -0.4 is 0 Å². The van der Waals surface area contributed by atoms with Gasteiger partial charge in [0.05, 0.1) is 5.69 Å². The molecule has 3 aromatic carbocycles. The van der Waals surface area contributed by atoms with Gasteiger partial charge in [-0.15, -0.1) is 0 Å². The molecule has 0 saturated heterocycles. The zero-order chi connectivity index (χ0) is 23.8. The first-order valence-electron chi connectivity index (χ1n) is 11.9. The number of carbonyl (C=O) groups is 2. The molecule has 4 nitrogen and oxygen atoms in total. The number of aryl methyl sites for hydroxylation is 1. The number of aromatic nitrogens is 2. The van der Waals surface area contributed by atoms with E-state index in [9.17, 15) is 9.59 Å². The summed E-state index contributed by atoms with van der Waals surface area (Å²) in [7, 11) is 0. The molecule has 4 heteroatoms. The van der Waals surface area contributed by atoms with Gasteiger partial charge in [-0.1, -0.05) is 72.8 Å². The molecular weight excluding hydrogens is 432 g/mol. The Labute approximate surface area is 203 Å². The maximum absolute atomic E-state index is 12.7. The van der Waals surface area contributed by atoms with Crippen molar-refractivity contribution in [2.24, 2.45) is 0 Å². The Balaban J connectivity index is 1.24. The van der Waals surface area contributed by atoms with Crippen LogP contribution in [0.5, 0.6) is 0 Å². The first-order valence-corrected chi connectivity index (χ1v) is 11.9. The summed E-state index contributed by atoms with van der Waals surface area (Å²) < 4.78 is 2.12. The van der Waals surface area contributed by atoms with Gasteiger partial charge in [0.1, 0.15) is 5.65 Å². The lowest BCUT2D eigenvalue weighted by atomic mass is 9.99. The Hall–Kier alpha value is -4.31. The van der Waals surface area contributed by atoms with Crippen LogP contribution in [0, 0.1) is 0 Å². The summed E-state index contributed by atoms with van der Waals surface area (Å²) in [5.74, 6) is 0.362. The molecule has 0 amide bonds. The number of fused-ring (bicyclic) bond motifs is 2. The second-order valence-electron chi connectivity index (χ2n) is 9.12. The van der Waals surface area contributed by atoms with Crippen LogP contribution in [0.3, 0.4) is 0 Å². The van der Waals surface area contributed by atoms with Crippen LogP contribution in [-0.2, 0) is 19.3 Å². The van der Waals surface area contributed by atoms with Crippen molar-refractivity contribution in [3.63, 3.8) is 0 Å². The van der Waals surface area contributed by atoms with E-state index in [0.717, 1.165) is 63.1 Å². The highest BCUT2D eigenvalue weighted by molar-refractivity contribution is 6.01. The zero-order valence-electron chi connectivity index (χ0n) is 19.3. The summed E-state index contributed by atoms with van der Waals surface area (Å²) in [5.41, 5.74) is 9.08. The first kappa shape index (κ1) is 21.2. The van der Waals surface area contributed by atoms with Gasteiger partial charge in [0, 0.05) is 42.8 Å². The molecule has 2 aromatic heterocycles. The monoisotopic (exact) mass is 456 g/mol. The van der Waals surface area contributed by atoms with Gasteiger partial charge in [-0.25, -0.2) is 4.98 Å². The normalized spacial score (nSPS) is 12.7. The molecule has 0 aliphatic heterocycles. The topological polar surface area (TPSA) is 51.4 Å². The van der Waals surface area contributed by atoms with Crippen molar-refractivity contribution in [1.29, 1.82) is 0 Å². The van der Waals surface area contributed by atoms with Gasteiger partial charge < -0.3 is 0 Å². The number of carbonyl (C=O) groups excluding carboxylic acids is 2. The standard InChI is InChI=1S/C31H24N2O2/c34-29-15-12-24-20-25(10-13-27(24)29)28-14-11-26(31-32-16-17-33(28)31)18-22-6-8-23(9-7-22)30(35)19-21-4-2-1-3-5-21/h1-11,13-14,16-17,20H,12,15,18-19H2. The minimum atomic E-state index is 0.124. The summed E-state index contributed by atoms with van der Waals surface area (Å²) in [6.07, 6.45) is 6.37. The summed E-state index contributed by atoms with van der Waals surface area (Å²) in [4.78, 5) is 29.3. The first-order chi connectivity index (χ1) is 17.2. The molecule has 35 heavy (non-hydrogen) atoms. The SMILES string of the molecule is O=C(Cc1ccccc1)c1ccc(Cc2ccc(-c3ccc4c(c3)CCC4=O)n3ccnc23)cc1. The van der Waals surface area contributed by atoms with Crippen molar-refractivity contribution in [3.05, 3.63) is 131 Å². The van der Waals surface area contributed by atoms with Crippen LogP contribution >= 0.6 is 0 Å². The molecule has 0 unspecified atom stereocenters. The van der Waals surface area contributed by atoms with E-state index in [0.29, 0.717) is 12.8 Å². The van der Waals surface area contributed by atoms with Gasteiger partial charge in [-0.3, -0.25) is 14.0 Å². The lowest BCUT2D eigenvalue weighted by Crippen LogP contribution is -2.04. The fraction of sp³-hybridized carbons (Fsp3) is 0.129. The van der Waals surface area contributed by atoms with Crippen molar-refractivity contribution < 1.29 is 9.59 Å². The van der Waals surface area contributed by atoms with Crippen LogP contribution in [0.1, 0.15) is 49.4 Å². The zero-order valence-corrected chi connectivity index (χ0v) is 19.3. The molecule has 5 aromatic rings.